The highest BCUT2D eigenvalue weighted by Gasteiger charge is 2.02. The quantitative estimate of drug-likeness (QED) is 0.907. The second kappa shape index (κ2) is 5.52. The maximum absolute atomic E-state index is 12.7. The van der Waals surface area contributed by atoms with Crippen LogP contribution in [0.5, 0.6) is 0 Å². The second-order valence-corrected chi connectivity index (χ2v) is 4.22. The third kappa shape index (κ3) is 2.99. The zero-order valence-corrected chi connectivity index (χ0v) is 10.2. The minimum atomic E-state index is -0.261. The van der Waals surface area contributed by atoms with Crippen LogP contribution in [0.25, 0.3) is 0 Å². The monoisotopic (exact) mass is 260 g/mol. The number of benzene rings is 2. The Hall–Kier alpha value is -2.05. The molecule has 2 rings (SSSR count). The molecular formula is C14H10ClFN2. The van der Waals surface area contributed by atoms with Gasteiger partial charge in [0.2, 0.25) is 0 Å². The molecule has 0 heterocycles. The zero-order chi connectivity index (χ0) is 13.0. The number of nitrogens with one attached hydrogen (secondary N) is 1. The molecule has 90 valence electrons. The van der Waals surface area contributed by atoms with Gasteiger partial charge in [-0.2, -0.15) is 5.26 Å². The fraction of sp³-hybridized carbons (Fsp3) is 0.0714. The van der Waals surface area contributed by atoms with Gasteiger partial charge in [-0.05, 0) is 35.9 Å². The molecule has 0 atom stereocenters. The summed E-state index contributed by atoms with van der Waals surface area (Å²) in [5.74, 6) is -0.261. The highest BCUT2D eigenvalue weighted by molar-refractivity contribution is 6.30. The molecule has 2 nitrogen and oxygen atoms in total. The molecule has 0 aliphatic rings. The van der Waals surface area contributed by atoms with Crippen LogP contribution in [0, 0.1) is 17.1 Å². The number of hydrogen-bond donors (Lipinski definition) is 1. The standard InChI is InChI=1S/C14H10ClFN2/c15-12-3-6-14(11(7-12)8-17)18-9-10-1-4-13(16)5-2-10/h1-7,18H,9H2. The van der Waals surface area contributed by atoms with Crippen LogP contribution in [0.15, 0.2) is 42.5 Å². The first kappa shape index (κ1) is 12.4. The lowest BCUT2D eigenvalue weighted by molar-refractivity contribution is 0.627. The summed E-state index contributed by atoms with van der Waals surface area (Å²) in [7, 11) is 0. The molecule has 18 heavy (non-hydrogen) atoms. The molecule has 0 spiro atoms. The number of nitrogens with zero attached hydrogens (tertiary/aromatic N) is 1. The predicted octanol–water partition coefficient (Wildman–Crippen LogP) is 3.96. The van der Waals surface area contributed by atoms with Crippen LogP contribution in [0.4, 0.5) is 10.1 Å². The van der Waals surface area contributed by atoms with E-state index in [1.807, 2.05) is 0 Å². The fourth-order valence-electron chi connectivity index (χ4n) is 1.56. The Morgan fingerprint density at radius 3 is 2.56 bits per heavy atom. The van der Waals surface area contributed by atoms with E-state index in [2.05, 4.69) is 11.4 Å². The molecule has 0 saturated carbocycles. The fourth-order valence-corrected chi connectivity index (χ4v) is 1.73. The van der Waals surface area contributed by atoms with Crippen molar-refractivity contribution >= 4 is 17.3 Å². The van der Waals surface area contributed by atoms with E-state index in [-0.39, 0.29) is 5.82 Å². The Bertz CT molecular complexity index is 588. The van der Waals surface area contributed by atoms with E-state index in [9.17, 15) is 4.39 Å². The summed E-state index contributed by atoms with van der Waals surface area (Å²) in [5, 5.41) is 12.6. The maximum atomic E-state index is 12.7. The lowest BCUT2D eigenvalue weighted by atomic mass is 10.1. The molecule has 2 aromatic rings. The molecule has 0 aliphatic carbocycles. The zero-order valence-electron chi connectivity index (χ0n) is 9.45. The summed E-state index contributed by atoms with van der Waals surface area (Å²) in [4.78, 5) is 0. The highest BCUT2D eigenvalue weighted by atomic mass is 35.5. The van der Waals surface area contributed by atoms with E-state index in [0.717, 1.165) is 5.56 Å². The summed E-state index contributed by atoms with van der Waals surface area (Å²) in [6, 6.07) is 13.4. The van der Waals surface area contributed by atoms with Crippen molar-refractivity contribution < 1.29 is 4.39 Å². The van der Waals surface area contributed by atoms with Gasteiger partial charge in [-0.25, -0.2) is 4.39 Å². The lowest BCUT2D eigenvalue weighted by Crippen LogP contribution is -2.01. The smallest absolute Gasteiger partial charge is 0.123 e. The summed E-state index contributed by atoms with van der Waals surface area (Å²) in [6.45, 7) is 0.524. The van der Waals surface area contributed by atoms with Gasteiger partial charge in [0.15, 0.2) is 0 Å². The summed E-state index contributed by atoms with van der Waals surface area (Å²) >= 11 is 5.81. The molecule has 2 aromatic carbocycles. The van der Waals surface area contributed by atoms with Crippen molar-refractivity contribution in [3.63, 3.8) is 0 Å². The molecular weight excluding hydrogens is 251 g/mol. The van der Waals surface area contributed by atoms with Crippen LogP contribution in [0.2, 0.25) is 5.02 Å². The molecule has 0 fully saturated rings. The molecule has 0 radical (unpaired) electrons. The molecule has 0 aromatic heterocycles. The van der Waals surface area contributed by atoms with Crippen molar-refractivity contribution in [1.29, 1.82) is 5.26 Å². The number of hydrogen-bond acceptors (Lipinski definition) is 2. The lowest BCUT2D eigenvalue weighted by Gasteiger charge is -2.08. The van der Waals surface area contributed by atoms with Crippen LogP contribution in [-0.4, -0.2) is 0 Å². The van der Waals surface area contributed by atoms with Crippen LogP contribution < -0.4 is 5.32 Å². The van der Waals surface area contributed by atoms with E-state index < -0.39 is 0 Å². The van der Waals surface area contributed by atoms with Gasteiger partial charge in [0.05, 0.1) is 11.3 Å². The minimum absolute atomic E-state index is 0.261. The van der Waals surface area contributed by atoms with Gasteiger partial charge in [0.1, 0.15) is 11.9 Å². The van der Waals surface area contributed by atoms with Crippen molar-refractivity contribution in [3.8, 4) is 6.07 Å². The van der Waals surface area contributed by atoms with Crippen molar-refractivity contribution in [2.24, 2.45) is 0 Å². The van der Waals surface area contributed by atoms with Crippen molar-refractivity contribution in [2.75, 3.05) is 5.32 Å². The summed E-state index contributed by atoms with van der Waals surface area (Å²) < 4.78 is 12.7. The molecule has 1 N–H and O–H groups in total. The van der Waals surface area contributed by atoms with E-state index in [4.69, 9.17) is 16.9 Å². The summed E-state index contributed by atoms with van der Waals surface area (Å²) in [5.41, 5.74) is 2.14. The van der Waals surface area contributed by atoms with Crippen molar-refractivity contribution in [3.05, 3.63) is 64.4 Å². The Kier molecular flexibility index (Phi) is 3.81. The van der Waals surface area contributed by atoms with E-state index in [0.29, 0.717) is 22.8 Å². The van der Waals surface area contributed by atoms with Gasteiger partial charge in [0, 0.05) is 11.6 Å². The first-order valence-electron chi connectivity index (χ1n) is 5.37. The van der Waals surface area contributed by atoms with Crippen molar-refractivity contribution in [1.82, 2.24) is 0 Å². The minimum Gasteiger partial charge on any atom is -0.380 e. The molecule has 0 bridgehead atoms. The van der Waals surface area contributed by atoms with Crippen LogP contribution in [-0.2, 0) is 6.54 Å². The predicted molar refractivity (Wildman–Crippen MR) is 69.9 cm³/mol. The summed E-state index contributed by atoms with van der Waals surface area (Å²) in [6.07, 6.45) is 0. The molecule has 0 unspecified atom stereocenters. The van der Waals surface area contributed by atoms with Gasteiger partial charge < -0.3 is 5.32 Å². The Labute approximate surface area is 110 Å². The molecule has 0 amide bonds. The van der Waals surface area contributed by atoms with Crippen LogP contribution >= 0.6 is 11.6 Å². The third-order valence-electron chi connectivity index (χ3n) is 2.50. The Morgan fingerprint density at radius 1 is 1.17 bits per heavy atom. The number of anilines is 1. The maximum Gasteiger partial charge on any atom is 0.123 e. The van der Waals surface area contributed by atoms with Gasteiger partial charge in [-0.15, -0.1) is 0 Å². The van der Waals surface area contributed by atoms with E-state index in [1.54, 1.807) is 30.3 Å². The average Bonchev–Trinajstić information content (AvgIpc) is 2.39. The van der Waals surface area contributed by atoms with Crippen molar-refractivity contribution in [2.45, 2.75) is 6.54 Å². The largest absolute Gasteiger partial charge is 0.380 e. The second-order valence-electron chi connectivity index (χ2n) is 3.78. The van der Waals surface area contributed by atoms with Gasteiger partial charge in [-0.1, -0.05) is 23.7 Å². The Balaban J connectivity index is 2.11. The van der Waals surface area contributed by atoms with E-state index >= 15 is 0 Å². The number of nitriles is 1. The first-order valence-corrected chi connectivity index (χ1v) is 5.75. The molecule has 0 saturated heterocycles. The van der Waals surface area contributed by atoms with Gasteiger partial charge in [-0.3, -0.25) is 0 Å². The van der Waals surface area contributed by atoms with Gasteiger partial charge >= 0.3 is 0 Å². The normalized spacial score (nSPS) is 9.83. The average molecular weight is 261 g/mol. The van der Waals surface area contributed by atoms with Crippen LogP contribution in [0.1, 0.15) is 11.1 Å². The molecule has 4 heteroatoms. The molecule has 0 aliphatic heterocycles. The number of rotatable bonds is 3. The van der Waals surface area contributed by atoms with Gasteiger partial charge in [0.25, 0.3) is 0 Å². The highest BCUT2D eigenvalue weighted by Crippen LogP contribution is 2.20. The topological polar surface area (TPSA) is 35.8 Å². The van der Waals surface area contributed by atoms with E-state index in [1.165, 1.54) is 12.1 Å². The SMILES string of the molecule is N#Cc1cc(Cl)ccc1NCc1ccc(F)cc1. The first-order chi connectivity index (χ1) is 8.69. The third-order valence-corrected chi connectivity index (χ3v) is 2.73. The van der Waals surface area contributed by atoms with Crippen LogP contribution in [0.3, 0.4) is 0 Å². The number of halogens is 2. The Morgan fingerprint density at radius 2 is 1.89 bits per heavy atom.